The van der Waals surface area contributed by atoms with Gasteiger partial charge in [0.25, 0.3) is 0 Å². The first-order valence-corrected chi connectivity index (χ1v) is 7.14. The quantitative estimate of drug-likeness (QED) is 0.888. The van der Waals surface area contributed by atoms with Crippen LogP contribution < -0.4 is 10.6 Å². The first-order chi connectivity index (χ1) is 9.56. The van der Waals surface area contributed by atoms with Crippen molar-refractivity contribution in [3.05, 3.63) is 29.0 Å². The van der Waals surface area contributed by atoms with E-state index in [-0.39, 0.29) is 24.0 Å². The number of hydrogen-bond donors (Lipinski definition) is 2. The molecule has 2 N–H and O–H groups in total. The molecule has 0 saturated carbocycles. The van der Waals surface area contributed by atoms with Crippen LogP contribution in [0, 0.1) is 5.82 Å². The number of halogens is 3. The van der Waals surface area contributed by atoms with Gasteiger partial charge in [-0.15, -0.1) is 12.4 Å². The lowest BCUT2D eigenvalue weighted by Crippen LogP contribution is -2.50. The Labute approximate surface area is 135 Å². The van der Waals surface area contributed by atoms with E-state index in [2.05, 4.69) is 22.5 Å². The topological polar surface area (TPSA) is 44.4 Å². The zero-order valence-corrected chi connectivity index (χ0v) is 13.4. The molecule has 1 saturated heterocycles. The van der Waals surface area contributed by atoms with Gasteiger partial charge in [-0.3, -0.25) is 9.69 Å². The highest BCUT2D eigenvalue weighted by atomic mass is 35.5. The summed E-state index contributed by atoms with van der Waals surface area (Å²) >= 11 is 5.67. The SMILES string of the molecule is C[C@@H]1CNCCN1CCC(=O)Nc1ccc(Cl)cc1F.Cl. The van der Waals surface area contributed by atoms with Gasteiger partial charge in [-0.25, -0.2) is 4.39 Å². The highest BCUT2D eigenvalue weighted by molar-refractivity contribution is 6.30. The zero-order valence-electron chi connectivity index (χ0n) is 11.9. The third kappa shape index (κ3) is 5.43. The predicted octanol–water partition coefficient (Wildman–Crippen LogP) is 2.52. The van der Waals surface area contributed by atoms with Gasteiger partial charge in [0.1, 0.15) is 5.82 Å². The van der Waals surface area contributed by atoms with Crippen LogP contribution >= 0.6 is 24.0 Å². The first kappa shape index (κ1) is 18.2. The maximum atomic E-state index is 13.5. The monoisotopic (exact) mass is 335 g/mol. The van der Waals surface area contributed by atoms with Gasteiger partial charge in [-0.05, 0) is 25.1 Å². The van der Waals surface area contributed by atoms with Crippen molar-refractivity contribution in [1.82, 2.24) is 10.2 Å². The van der Waals surface area contributed by atoms with E-state index in [0.717, 1.165) is 19.6 Å². The summed E-state index contributed by atoms with van der Waals surface area (Å²) in [7, 11) is 0. The molecule has 7 heteroatoms. The number of nitrogens with zero attached hydrogens (tertiary/aromatic N) is 1. The standard InChI is InChI=1S/C14H19ClFN3O.ClH/c1-10-9-17-5-7-19(10)6-4-14(20)18-13-3-2-11(15)8-12(13)16;/h2-3,8,10,17H,4-7,9H2,1H3,(H,18,20);1H/t10-;/m1./s1. The number of rotatable bonds is 4. The summed E-state index contributed by atoms with van der Waals surface area (Å²) in [4.78, 5) is 14.1. The van der Waals surface area contributed by atoms with Crippen molar-refractivity contribution in [3.63, 3.8) is 0 Å². The highest BCUT2D eigenvalue weighted by Crippen LogP contribution is 2.19. The lowest BCUT2D eigenvalue weighted by Gasteiger charge is -2.33. The molecule has 1 fully saturated rings. The number of carbonyl (C=O) groups excluding carboxylic acids is 1. The van der Waals surface area contributed by atoms with Crippen LogP contribution in [0.25, 0.3) is 0 Å². The molecule has 0 spiro atoms. The average molecular weight is 336 g/mol. The Bertz CT molecular complexity index is 487. The van der Waals surface area contributed by atoms with E-state index in [1.165, 1.54) is 12.1 Å². The van der Waals surface area contributed by atoms with Crippen molar-refractivity contribution in [3.8, 4) is 0 Å². The van der Waals surface area contributed by atoms with Crippen LogP contribution in [0.1, 0.15) is 13.3 Å². The molecule has 21 heavy (non-hydrogen) atoms. The molecule has 1 aliphatic rings. The second-order valence-electron chi connectivity index (χ2n) is 5.01. The molecule has 0 bridgehead atoms. The Balaban J connectivity index is 0.00000220. The number of nitrogens with one attached hydrogen (secondary N) is 2. The van der Waals surface area contributed by atoms with E-state index >= 15 is 0 Å². The number of hydrogen-bond acceptors (Lipinski definition) is 3. The fourth-order valence-corrected chi connectivity index (χ4v) is 2.42. The third-order valence-corrected chi connectivity index (χ3v) is 3.71. The Morgan fingerprint density at radius 2 is 2.33 bits per heavy atom. The molecule has 2 rings (SSSR count). The van der Waals surface area contributed by atoms with Crippen LogP contribution in [0.2, 0.25) is 5.02 Å². The van der Waals surface area contributed by atoms with Gasteiger partial charge >= 0.3 is 0 Å². The Morgan fingerprint density at radius 1 is 1.57 bits per heavy atom. The Kier molecular flexibility index (Phi) is 7.39. The molecule has 0 aromatic heterocycles. The van der Waals surface area contributed by atoms with Crippen molar-refractivity contribution in [2.45, 2.75) is 19.4 Å². The van der Waals surface area contributed by atoms with Crippen LogP contribution in [0.5, 0.6) is 0 Å². The minimum absolute atomic E-state index is 0. The minimum Gasteiger partial charge on any atom is -0.324 e. The van der Waals surface area contributed by atoms with E-state index < -0.39 is 5.82 Å². The molecule has 1 atom stereocenters. The second-order valence-corrected chi connectivity index (χ2v) is 5.45. The number of benzene rings is 1. The van der Waals surface area contributed by atoms with E-state index in [4.69, 9.17) is 11.6 Å². The van der Waals surface area contributed by atoms with Crippen LogP contribution in [-0.2, 0) is 4.79 Å². The smallest absolute Gasteiger partial charge is 0.225 e. The zero-order chi connectivity index (χ0) is 14.5. The fourth-order valence-electron chi connectivity index (χ4n) is 2.26. The largest absolute Gasteiger partial charge is 0.324 e. The molecule has 1 aromatic carbocycles. The highest BCUT2D eigenvalue weighted by Gasteiger charge is 2.18. The fraction of sp³-hybridized carbons (Fsp3) is 0.500. The number of anilines is 1. The van der Waals surface area contributed by atoms with Gasteiger partial charge in [-0.2, -0.15) is 0 Å². The molecule has 1 heterocycles. The minimum atomic E-state index is -0.513. The normalized spacial score (nSPS) is 18.9. The summed E-state index contributed by atoms with van der Waals surface area (Å²) in [6, 6.07) is 4.64. The van der Waals surface area contributed by atoms with Crippen molar-refractivity contribution in [1.29, 1.82) is 0 Å². The summed E-state index contributed by atoms with van der Waals surface area (Å²) in [5.41, 5.74) is 0.174. The van der Waals surface area contributed by atoms with Gasteiger partial charge < -0.3 is 10.6 Å². The summed E-state index contributed by atoms with van der Waals surface area (Å²) < 4.78 is 13.5. The Hall–Kier alpha value is -0.880. The molecule has 1 aromatic rings. The van der Waals surface area contributed by atoms with Crippen molar-refractivity contribution >= 4 is 35.6 Å². The third-order valence-electron chi connectivity index (χ3n) is 3.47. The number of piperazine rings is 1. The van der Waals surface area contributed by atoms with Crippen molar-refractivity contribution in [2.75, 3.05) is 31.5 Å². The molecule has 4 nitrogen and oxygen atoms in total. The summed E-state index contributed by atoms with van der Waals surface area (Å²) in [5.74, 6) is -0.696. The van der Waals surface area contributed by atoms with E-state index in [1.54, 1.807) is 6.07 Å². The molecule has 0 unspecified atom stereocenters. The molecule has 0 radical (unpaired) electrons. The van der Waals surface area contributed by atoms with Gasteiger partial charge in [0.05, 0.1) is 5.69 Å². The lowest BCUT2D eigenvalue weighted by molar-refractivity contribution is -0.116. The maximum absolute atomic E-state index is 13.5. The molecule has 1 amide bonds. The number of carbonyl (C=O) groups is 1. The van der Waals surface area contributed by atoms with Gasteiger partial charge in [0, 0.05) is 43.7 Å². The molecule has 0 aliphatic carbocycles. The summed E-state index contributed by atoms with van der Waals surface area (Å²) in [5, 5.41) is 6.19. The summed E-state index contributed by atoms with van der Waals surface area (Å²) in [6.07, 6.45) is 0.354. The lowest BCUT2D eigenvalue weighted by atomic mass is 10.2. The van der Waals surface area contributed by atoms with E-state index in [1.807, 2.05) is 0 Å². The van der Waals surface area contributed by atoms with Crippen LogP contribution in [0.15, 0.2) is 18.2 Å². The second kappa shape index (κ2) is 8.54. The predicted molar refractivity (Wildman–Crippen MR) is 85.8 cm³/mol. The molecule has 118 valence electrons. The van der Waals surface area contributed by atoms with E-state index in [0.29, 0.717) is 24.0 Å². The maximum Gasteiger partial charge on any atom is 0.225 e. The van der Waals surface area contributed by atoms with E-state index in [9.17, 15) is 9.18 Å². The molecular weight excluding hydrogens is 316 g/mol. The van der Waals surface area contributed by atoms with Crippen molar-refractivity contribution in [2.24, 2.45) is 0 Å². The number of amides is 1. The molecule has 1 aliphatic heterocycles. The summed E-state index contributed by atoms with van der Waals surface area (Å²) in [6.45, 7) is 5.63. The van der Waals surface area contributed by atoms with Crippen LogP contribution in [0.4, 0.5) is 10.1 Å². The van der Waals surface area contributed by atoms with Crippen LogP contribution in [-0.4, -0.2) is 43.0 Å². The van der Waals surface area contributed by atoms with Crippen LogP contribution in [0.3, 0.4) is 0 Å². The Morgan fingerprint density at radius 3 is 3.00 bits per heavy atom. The average Bonchev–Trinajstić information content (AvgIpc) is 2.41. The van der Waals surface area contributed by atoms with Gasteiger partial charge in [0.15, 0.2) is 0 Å². The molecular formula is C14H20Cl2FN3O. The van der Waals surface area contributed by atoms with Gasteiger partial charge in [0.2, 0.25) is 5.91 Å². The first-order valence-electron chi connectivity index (χ1n) is 6.76. The van der Waals surface area contributed by atoms with Crippen molar-refractivity contribution < 1.29 is 9.18 Å². The van der Waals surface area contributed by atoms with Gasteiger partial charge in [-0.1, -0.05) is 11.6 Å².